The number of thiazole rings is 1. The Morgan fingerprint density at radius 2 is 1.86 bits per heavy atom. The quantitative estimate of drug-likeness (QED) is 0.657. The fourth-order valence-corrected chi connectivity index (χ4v) is 5.70. The molecule has 1 saturated heterocycles. The molecule has 2 fully saturated rings. The van der Waals surface area contributed by atoms with Gasteiger partial charge >= 0.3 is 12.0 Å². The number of anilines is 1. The van der Waals surface area contributed by atoms with Gasteiger partial charge in [-0.05, 0) is 25.7 Å². The van der Waals surface area contributed by atoms with Crippen LogP contribution in [0.15, 0.2) is 10.4 Å². The number of aromatic nitrogens is 1. The van der Waals surface area contributed by atoms with E-state index >= 15 is 0 Å². The lowest BCUT2D eigenvalue weighted by Crippen LogP contribution is -2.54. The van der Waals surface area contributed by atoms with Crippen LogP contribution in [0.25, 0.3) is 0 Å². The highest BCUT2D eigenvalue weighted by Crippen LogP contribution is 2.31. The molecular formula is C19H28N4O4S2. The Kier molecular flexibility index (Phi) is 7.77. The number of hydrogen-bond donors (Lipinski definition) is 2. The lowest BCUT2D eigenvalue weighted by atomic mass is 9.91. The van der Waals surface area contributed by atoms with Gasteiger partial charge in [0.2, 0.25) is 5.91 Å². The highest BCUT2D eigenvalue weighted by Gasteiger charge is 2.34. The molecular weight excluding hydrogens is 412 g/mol. The van der Waals surface area contributed by atoms with Gasteiger partial charge in [-0.15, -0.1) is 11.8 Å². The number of likely N-dealkylation sites (tertiary alicyclic amines) is 1. The second kappa shape index (κ2) is 10.3. The van der Waals surface area contributed by atoms with E-state index in [2.05, 4.69) is 10.3 Å². The van der Waals surface area contributed by atoms with E-state index in [-0.39, 0.29) is 29.8 Å². The lowest BCUT2D eigenvalue weighted by molar-refractivity contribution is -0.134. The van der Waals surface area contributed by atoms with Crippen LogP contribution in [-0.4, -0.2) is 68.7 Å². The second-order valence-electron chi connectivity index (χ2n) is 7.53. The topological polar surface area (TPSA) is 103 Å². The summed E-state index contributed by atoms with van der Waals surface area (Å²) in [5, 5.41) is 12.2. The van der Waals surface area contributed by atoms with E-state index in [0.29, 0.717) is 18.2 Å². The van der Waals surface area contributed by atoms with Crippen molar-refractivity contribution in [1.29, 1.82) is 0 Å². The molecule has 0 spiro atoms. The number of piperidine rings is 1. The summed E-state index contributed by atoms with van der Waals surface area (Å²) in [5.41, 5.74) is 0. The summed E-state index contributed by atoms with van der Waals surface area (Å²) in [5.74, 6) is -0.820. The van der Waals surface area contributed by atoms with Gasteiger partial charge in [-0.25, -0.2) is 9.78 Å². The molecule has 1 aliphatic carbocycles. The maximum atomic E-state index is 13.2. The predicted molar refractivity (Wildman–Crippen MR) is 113 cm³/mol. The molecule has 0 aromatic carbocycles. The van der Waals surface area contributed by atoms with Crippen molar-refractivity contribution in [3.8, 4) is 0 Å². The molecule has 10 heteroatoms. The van der Waals surface area contributed by atoms with Crippen molar-refractivity contribution in [1.82, 2.24) is 14.8 Å². The first-order chi connectivity index (χ1) is 13.9. The number of carbonyl (C=O) groups excluding carboxylic acids is 2. The third-order valence-corrected chi connectivity index (χ3v) is 7.63. The van der Waals surface area contributed by atoms with Gasteiger partial charge in [0.1, 0.15) is 0 Å². The van der Waals surface area contributed by atoms with Crippen molar-refractivity contribution in [2.45, 2.75) is 68.2 Å². The highest BCUT2D eigenvalue weighted by atomic mass is 32.2. The zero-order valence-electron chi connectivity index (χ0n) is 16.6. The molecule has 0 bridgehead atoms. The molecule has 1 saturated carbocycles. The van der Waals surface area contributed by atoms with Crippen LogP contribution in [0, 0.1) is 0 Å². The van der Waals surface area contributed by atoms with Crippen molar-refractivity contribution in [2.24, 2.45) is 0 Å². The number of urea groups is 1. The van der Waals surface area contributed by atoms with Crippen molar-refractivity contribution in [3.05, 3.63) is 6.20 Å². The molecule has 2 N–H and O–H groups in total. The zero-order chi connectivity index (χ0) is 20.8. The number of amides is 3. The molecule has 1 aromatic rings. The molecule has 2 aliphatic rings. The first kappa shape index (κ1) is 21.9. The summed E-state index contributed by atoms with van der Waals surface area (Å²) in [6.45, 7) is 2.96. The maximum Gasteiger partial charge on any atom is 0.324 e. The van der Waals surface area contributed by atoms with E-state index < -0.39 is 5.97 Å². The normalized spacial score (nSPS) is 18.4. The number of hydrogen-bond acceptors (Lipinski definition) is 6. The number of carboxylic acids is 1. The minimum Gasteiger partial charge on any atom is -0.481 e. The van der Waals surface area contributed by atoms with Crippen LogP contribution in [0.1, 0.15) is 51.9 Å². The van der Waals surface area contributed by atoms with E-state index in [4.69, 9.17) is 5.11 Å². The molecule has 3 rings (SSSR count). The molecule has 160 valence electrons. The van der Waals surface area contributed by atoms with E-state index in [9.17, 15) is 14.4 Å². The standard InChI is InChI=1S/C19H28N4O4S2/c1-13(24)22-9-7-15(8-10-22)23(14-5-3-2-4-6-14)19(27)21-18-20-11-17(29-18)28-12-16(25)26/h11,14-15H,2-10,12H2,1H3,(H,25,26)(H,20,21,27). The average Bonchev–Trinajstić information content (AvgIpc) is 3.15. The summed E-state index contributed by atoms with van der Waals surface area (Å²) in [6.07, 6.45) is 8.69. The number of carbonyl (C=O) groups is 3. The fourth-order valence-electron chi connectivity index (χ4n) is 4.12. The van der Waals surface area contributed by atoms with Gasteiger partial charge in [-0.2, -0.15) is 0 Å². The highest BCUT2D eigenvalue weighted by molar-refractivity contribution is 8.01. The van der Waals surface area contributed by atoms with Crippen LogP contribution in [0.5, 0.6) is 0 Å². The van der Waals surface area contributed by atoms with Crippen LogP contribution >= 0.6 is 23.1 Å². The molecule has 1 aliphatic heterocycles. The number of rotatable bonds is 6. The minimum absolute atomic E-state index is 0.0293. The van der Waals surface area contributed by atoms with Crippen LogP contribution in [0.2, 0.25) is 0 Å². The second-order valence-corrected chi connectivity index (χ2v) is 9.84. The summed E-state index contributed by atoms with van der Waals surface area (Å²) in [6, 6.07) is 0.204. The average molecular weight is 441 g/mol. The first-order valence-electron chi connectivity index (χ1n) is 10.1. The van der Waals surface area contributed by atoms with E-state index in [1.807, 2.05) is 9.80 Å². The Bertz CT molecular complexity index is 728. The maximum absolute atomic E-state index is 13.2. The zero-order valence-corrected chi connectivity index (χ0v) is 18.3. The molecule has 0 radical (unpaired) electrons. The summed E-state index contributed by atoms with van der Waals surface area (Å²) in [4.78, 5) is 43.6. The Hall–Kier alpha value is -1.81. The first-order valence-corrected chi connectivity index (χ1v) is 11.9. The molecule has 8 nitrogen and oxygen atoms in total. The molecule has 1 aromatic heterocycles. The van der Waals surface area contributed by atoms with Crippen LogP contribution in [0.3, 0.4) is 0 Å². The van der Waals surface area contributed by atoms with Crippen LogP contribution in [-0.2, 0) is 9.59 Å². The fraction of sp³-hybridized carbons (Fsp3) is 0.684. The summed E-state index contributed by atoms with van der Waals surface area (Å²) < 4.78 is 0.765. The summed E-state index contributed by atoms with van der Waals surface area (Å²) >= 11 is 2.49. The third kappa shape index (κ3) is 6.08. The monoisotopic (exact) mass is 440 g/mol. The number of thioether (sulfide) groups is 1. The lowest BCUT2D eigenvalue weighted by Gasteiger charge is -2.43. The Balaban J connectivity index is 1.66. The SMILES string of the molecule is CC(=O)N1CCC(N(C(=O)Nc2ncc(SCC(=O)O)s2)C2CCCCC2)CC1. The molecule has 29 heavy (non-hydrogen) atoms. The van der Waals surface area contributed by atoms with Crippen LogP contribution in [0.4, 0.5) is 9.93 Å². The van der Waals surface area contributed by atoms with Crippen LogP contribution < -0.4 is 5.32 Å². The van der Waals surface area contributed by atoms with Crippen molar-refractivity contribution in [3.63, 3.8) is 0 Å². The molecule has 3 amide bonds. The number of carboxylic acid groups (broad SMARTS) is 1. The Morgan fingerprint density at radius 3 is 2.48 bits per heavy atom. The van der Waals surface area contributed by atoms with E-state index in [0.717, 1.165) is 42.7 Å². The molecule has 0 atom stereocenters. The van der Waals surface area contributed by atoms with Gasteiger partial charge in [0.05, 0.1) is 16.2 Å². The van der Waals surface area contributed by atoms with E-state index in [1.165, 1.54) is 29.5 Å². The van der Waals surface area contributed by atoms with Gasteiger partial charge in [0, 0.05) is 32.1 Å². The third-order valence-electron chi connectivity index (χ3n) is 5.54. The summed E-state index contributed by atoms with van der Waals surface area (Å²) in [7, 11) is 0. The number of nitrogens with one attached hydrogen (secondary N) is 1. The molecule has 2 heterocycles. The molecule has 0 unspecified atom stereocenters. The number of nitrogens with zero attached hydrogens (tertiary/aromatic N) is 3. The van der Waals surface area contributed by atoms with Gasteiger partial charge < -0.3 is 14.9 Å². The van der Waals surface area contributed by atoms with E-state index in [1.54, 1.807) is 13.1 Å². The van der Waals surface area contributed by atoms with Gasteiger partial charge in [0.25, 0.3) is 0 Å². The van der Waals surface area contributed by atoms with Crippen molar-refractivity contribution in [2.75, 3.05) is 24.2 Å². The Labute approximate surface area is 179 Å². The van der Waals surface area contributed by atoms with Gasteiger partial charge in [0.15, 0.2) is 5.13 Å². The minimum atomic E-state index is -0.880. The predicted octanol–water partition coefficient (Wildman–Crippen LogP) is 3.50. The van der Waals surface area contributed by atoms with Gasteiger partial charge in [-0.3, -0.25) is 14.9 Å². The Morgan fingerprint density at radius 1 is 1.21 bits per heavy atom. The van der Waals surface area contributed by atoms with Crippen molar-refractivity contribution < 1.29 is 19.5 Å². The van der Waals surface area contributed by atoms with Crippen molar-refractivity contribution >= 4 is 46.1 Å². The number of aliphatic carboxylic acids is 1. The largest absolute Gasteiger partial charge is 0.481 e. The smallest absolute Gasteiger partial charge is 0.324 e. The van der Waals surface area contributed by atoms with Gasteiger partial charge in [-0.1, -0.05) is 30.6 Å².